The molecule has 4 aromatic rings. The van der Waals surface area contributed by atoms with E-state index >= 15 is 0 Å². The van der Waals surface area contributed by atoms with Crippen LogP contribution in [0, 0.1) is 6.08 Å². The van der Waals surface area contributed by atoms with Crippen molar-refractivity contribution in [1.82, 2.24) is 9.97 Å². The molecule has 4 heteroatoms. The summed E-state index contributed by atoms with van der Waals surface area (Å²) >= 11 is 7.03. The van der Waals surface area contributed by atoms with Gasteiger partial charge in [0.15, 0.2) is 5.82 Å². The van der Waals surface area contributed by atoms with Gasteiger partial charge in [-0.2, -0.15) is 0 Å². The average Bonchev–Trinajstić information content (AvgIpc) is 2.85. The van der Waals surface area contributed by atoms with Crippen molar-refractivity contribution in [1.29, 1.82) is 0 Å². The number of hydrogen-bond acceptors (Lipinski definition) is 2. The van der Waals surface area contributed by atoms with Crippen molar-refractivity contribution in [2.45, 2.75) is 0 Å². The van der Waals surface area contributed by atoms with E-state index in [-0.39, 0.29) is 0 Å². The van der Waals surface area contributed by atoms with Gasteiger partial charge in [0, 0.05) is 37.3 Å². The maximum atomic E-state index is 4.91. The molecule has 32 heavy (non-hydrogen) atoms. The third kappa shape index (κ3) is 4.53. The molecule has 5 rings (SSSR count). The van der Waals surface area contributed by atoms with Crippen LogP contribution in [0.25, 0.3) is 39.5 Å². The van der Waals surface area contributed by atoms with E-state index < -0.39 is 0 Å². The van der Waals surface area contributed by atoms with Gasteiger partial charge >= 0.3 is 0 Å². The van der Waals surface area contributed by atoms with Crippen LogP contribution in [0.5, 0.6) is 0 Å². The first kappa shape index (κ1) is 20.7. The normalized spacial score (nSPS) is 12.4. The molecule has 0 amide bonds. The largest absolute Gasteiger partial charge is 0.228 e. The monoisotopic (exact) mass is 539 g/mol. The first-order chi connectivity index (χ1) is 15.7. The number of hydrogen-bond donors (Lipinski definition) is 0. The molecule has 0 saturated carbocycles. The van der Waals surface area contributed by atoms with E-state index in [1.807, 2.05) is 42.5 Å². The molecular weight excluding hydrogens is 524 g/mol. The molecule has 3 aromatic carbocycles. The fourth-order valence-electron chi connectivity index (χ4n) is 3.50. The van der Waals surface area contributed by atoms with Gasteiger partial charge in [-0.05, 0) is 30.3 Å². The molecule has 2 nitrogen and oxygen atoms in total. The van der Waals surface area contributed by atoms with Crippen molar-refractivity contribution >= 4 is 37.4 Å². The Labute approximate surface area is 204 Å². The molecule has 0 N–H and O–H groups in total. The summed E-state index contributed by atoms with van der Waals surface area (Å²) in [5.41, 5.74) is 7.18. The maximum Gasteiger partial charge on any atom is 0.160 e. The molecule has 0 spiro atoms. The lowest BCUT2D eigenvalue weighted by Crippen LogP contribution is -1.96. The van der Waals surface area contributed by atoms with Crippen LogP contribution in [0.2, 0.25) is 0 Å². The van der Waals surface area contributed by atoms with Gasteiger partial charge in [0.2, 0.25) is 0 Å². The van der Waals surface area contributed by atoms with Gasteiger partial charge in [0.05, 0.1) is 29.1 Å². The van der Waals surface area contributed by atoms with Gasteiger partial charge in [-0.1, -0.05) is 80.4 Å². The summed E-state index contributed by atoms with van der Waals surface area (Å²) in [6, 6.07) is 26.8. The molecular formula is C28H17Br2N2+. The highest BCUT2D eigenvalue weighted by Crippen LogP contribution is 2.30. The first-order valence-electron chi connectivity index (χ1n) is 10.1. The quantitative estimate of drug-likeness (QED) is 0.243. The molecule has 0 bridgehead atoms. The van der Waals surface area contributed by atoms with Crippen LogP contribution in [-0.4, -0.2) is 9.97 Å². The van der Waals surface area contributed by atoms with Crippen molar-refractivity contribution in [2.75, 3.05) is 0 Å². The maximum absolute atomic E-state index is 4.91. The topological polar surface area (TPSA) is 25.8 Å². The van der Waals surface area contributed by atoms with Crippen molar-refractivity contribution in [3.8, 4) is 33.9 Å². The van der Waals surface area contributed by atoms with Gasteiger partial charge in [-0.25, -0.2) is 9.97 Å². The Morgan fingerprint density at radius 3 is 1.59 bits per heavy atom. The highest BCUT2D eigenvalue weighted by atomic mass is 79.9. The Morgan fingerprint density at radius 1 is 0.594 bits per heavy atom. The van der Waals surface area contributed by atoms with E-state index in [1.54, 1.807) is 0 Å². The number of aromatic nitrogens is 2. The van der Waals surface area contributed by atoms with Crippen LogP contribution in [0.15, 0.2) is 112 Å². The summed E-state index contributed by atoms with van der Waals surface area (Å²) in [5.74, 6) is 0.705. The Kier molecular flexibility index (Phi) is 5.91. The summed E-state index contributed by atoms with van der Waals surface area (Å²) in [6.45, 7) is 0. The van der Waals surface area contributed by atoms with Gasteiger partial charge < -0.3 is 0 Å². The molecule has 0 unspecified atom stereocenters. The van der Waals surface area contributed by atoms with Crippen LogP contribution in [0.3, 0.4) is 0 Å². The summed E-state index contributed by atoms with van der Waals surface area (Å²) in [4.78, 5) is 9.82. The van der Waals surface area contributed by atoms with E-state index in [0.717, 1.165) is 48.2 Å². The zero-order valence-corrected chi connectivity index (χ0v) is 20.1. The fourth-order valence-corrected chi connectivity index (χ4v) is 4.03. The summed E-state index contributed by atoms with van der Waals surface area (Å²) < 4.78 is 2.08. The zero-order chi connectivity index (χ0) is 21.9. The minimum atomic E-state index is 0.705. The van der Waals surface area contributed by atoms with E-state index in [2.05, 4.69) is 98.6 Å². The second-order valence-corrected chi connectivity index (χ2v) is 9.17. The van der Waals surface area contributed by atoms with Gasteiger partial charge in [0.1, 0.15) is 12.2 Å². The summed E-state index contributed by atoms with van der Waals surface area (Å²) in [5, 5.41) is 0. The number of allylic oxidation sites excluding steroid dienone is 6. The molecule has 1 aliphatic carbocycles. The molecule has 0 aliphatic heterocycles. The lowest BCUT2D eigenvalue weighted by atomic mass is 10.0. The van der Waals surface area contributed by atoms with Crippen molar-refractivity contribution in [3.05, 3.63) is 124 Å². The predicted molar refractivity (Wildman–Crippen MR) is 139 cm³/mol. The Morgan fingerprint density at radius 2 is 1.09 bits per heavy atom. The number of rotatable bonds is 4. The van der Waals surface area contributed by atoms with E-state index in [4.69, 9.17) is 9.97 Å². The second kappa shape index (κ2) is 9.13. The third-order valence-corrected chi connectivity index (χ3v) is 6.26. The van der Waals surface area contributed by atoms with Crippen LogP contribution in [-0.2, 0) is 0 Å². The molecule has 0 fully saturated rings. The first-order valence-corrected chi connectivity index (χ1v) is 11.7. The zero-order valence-electron chi connectivity index (χ0n) is 17.0. The third-order valence-electron chi connectivity index (χ3n) is 5.20. The minimum Gasteiger partial charge on any atom is -0.228 e. The molecule has 1 aliphatic rings. The Balaban J connectivity index is 1.60. The Bertz CT molecular complexity index is 1280. The standard InChI is InChI=1S/C28H17Br2N2/c29-24-14-10-21(11-15-24)26-18-27(22-12-16-25(30)17-13-22)32-28(31-26)23-8-6-20(7-9-23)19-4-2-1-3-5-19/h2-18H/q+1. The molecule has 0 saturated heterocycles. The lowest BCUT2D eigenvalue weighted by Gasteiger charge is -2.10. The molecule has 0 atom stereocenters. The van der Waals surface area contributed by atoms with E-state index in [9.17, 15) is 0 Å². The highest BCUT2D eigenvalue weighted by Gasteiger charge is 2.12. The smallest absolute Gasteiger partial charge is 0.160 e. The van der Waals surface area contributed by atoms with Crippen LogP contribution < -0.4 is 0 Å². The molecule has 1 aromatic heterocycles. The summed E-state index contributed by atoms with van der Waals surface area (Å²) in [7, 11) is 0. The molecule has 0 radical (unpaired) electrons. The van der Waals surface area contributed by atoms with Gasteiger partial charge in [0.25, 0.3) is 0 Å². The number of halogens is 2. The predicted octanol–water partition coefficient (Wildman–Crippen LogP) is 8.32. The SMILES string of the molecule is Brc1ccc(-c2cc(-c3ccc(Br)cc3)nc(-c3ccc(C4=CC=[C+]C=C4)cc3)n2)cc1. The number of benzene rings is 3. The van der Waals surface area contributed by atoms with Gasteiger partial charge in [-0.3, -0.25) is 0 Å². The fraction of sp³-hybridized carbons (Fsp3) is 0. The average molecular weight is 541 g/mol. The lowest BCUT2D eigenvalue weighted by molar-refractivity contribution is 1.18. The molecule has 1 heterocycles. The van der Waals surface area contributed by atoms with Crippen molar-refractivity contribution in [3.63, 3.8) is 0 Å². The minimum absolute atomic E-state index is 0.705. The van der Waals surface area contributed by atoms with E-state index in [1.165, 1.54) is 0 Å². The van der Waals surface area contributed by atoms with Crippen LogP contribution >= 0.6 is 31.9 Å². The van der Waals surface area contributed by atoms with Gasteiger partial charge in [-0.15, -0.1) is 0 Å². The number of nitrogens with zero attached hydrogens (tertiary/aromatic N) is 2. The Hall–Kier alpha value is -3.17. The second-order valence-electron chi connectivity index (χ2n) is 7.34. The van der Waals surface area contributed by atoms with Crippen molar-refractivity contribution < 1.29 is 0 Å². The van der Waals surface area contributed by atoms with Crippen LogP contribution in [0.4, 0.5) is 0 Å². The van der Waals surface area contributed by atoms with Crippen LogP contribution in [0.1, 0.15) is 5.56 Å². The summed E-state index contributed by atoms with van der Waals surface area (Å²) in [6.07, 6.45) is 11.0. The highest BCUT2D eigenvalue weighted by molar-refractivity contribution is 9.10. The molecule has 152 valence electrons. The van der Waals surface area contributed by atoms with Crippen molar-refractivity contribution in [2.24, 2.45) is 0 Å². The van der Waals surface area contributed by atoms with E-state index in [0.29, 0.717) is 5.82 Å².